The Balaban J connectivity index is 1.57. The third-order valence-corrected chi connectivity index (χ3v) is 7.12. The number of benzene rings is 2. The molecule has 1 heterocycles. The molecule has 0 radical (unpaired) electrons. The lowest BCUT2D eigenvalue weighted by Crippen LogP contribution is -2.11. The van der Waals surface area contributed by atoms with Crippen molar-refractivity contribution in [1.29, 1.82) is 5.26 Å². The van der Waals surface area contributed by atoms with E-state index < -0.39 is 9.84 Å². The number of ether oxygens (including phenoxy) is 1. The zero-order valence-electron chi connectivity index (χ0n) is 16.4. The van der Waals surface area contributed by atoms with Crippen LogP contribution in [0.5, 0.6) is 11.5 Å². The SMILES string of the molecule is N#Cc1ccc(Oc2c(C3CC3)nn(C3CC3)c2CS(=O)(=O)c2ccccc2)cc1. The Hall–Kier alpha value is -3.11. The molecule has 0 N–H and O–H groups in total. The maximum Gasteiger partial charge on any atom is 0.184 e. The van der Waals surface area contributed by atoms with Gasteiger partial charge in [-0.1, -0.05) is 18.2 Å². The Morgan fingerprint density at radius 1 is 1.03 bits per heavy atom. The smallest absolute Gasteiger partial charge is 0.184 e. The normalized spacial score (nSPS) is 16.2. The predicted molar refractivity (Wildman–Crippen MR) is 111 cm³/mol. The number of nitriles is 1. The van der Waals surface area contributed by atoms with Gasteiger partial charge in [-0.25, -0.2) is 8.42 Å². The van der Waals surface area contributed by atoms with Gasteiger partial charge in [0.05, 0.1) is 28.3 Å². The van der Waals surface area contributed by atoms with Gasteiger partial charge in [-0.15, -0.1) is 0 Å². The first-order chi connectivity index (χ1) is 14.5. The molecule has 3 aromatic rings. The summed E-state index contributed by atoms with van der Waals surface area (Å²) in [6.07, 6.45) is 4.08. The molecule has 152 valence electrons. The molecule has 2 saturated carbocycles. The van der Waals surface area contributed by atoms with Gasteiger partial charge in [0, 0.05) is 5.92 Å². The summed E-state index contributed by atoms with van der Waals surface area (Å²) in [7, 11) is -3.54. The van der Waals surface area contributed by atoms with Crippen molar-refractivity contribution >= 4 is 9.84 Å². The number of rotatable bonds is 7. The van der Waals surface area contributed by atoms with E-state index in [1.807, 2.05) is 4.68 Å². The van der Waals surface area contributed by atoms with E-state index in [0.29, 0.717) is 33.6 Å². The molecule has 0 bridgehead atoms. The summed E-state index contributed by atoms with van der Waals surface area (Å²) in [6.45, 7) is 0. The minimum atomic E-state index is -3.54. The molecule has 1 aromatic heterocycles. The topological polar surface area (TPSA) is 85.0 Å². The van der Waals surface area contributed by atoms with E-state index in [-0.39, 0.29) is 11.8 Å². The van der Waals surface area contributed by atoms with E-state index in [9.17, 15) is 8.42 Å². The first kappa shape index (κ1) is 18.9. The lowest BCUT2D eigenvalue weighted by atomic mass is 10.2. The second kappa shape index (κ2) is 7.29. The Labute approximate surface area is 175 Å². The van der Waals surface area contributed by atoms with Crippen LogP contribution in [0.3, 0.4) is 0 Å². The van der Waals surface area contributed by atoms with Gasteiger partial charge in [-0.2, -0.15) is 10.4 Å². The summed E-state index contributed by atoms with van der Waals surface area (Å²) in [4.78, 5) is 0.297. The number of nitrogens with zero attached hydrogens (tertiary/aromatic N) is 3. The quantitative estimate of drug-likeness (QED) is 0.552. The highest BCUT2D eigenvalue weighted by atomic mass is 32.2. The van der Waals surface area contributed by atoms with E-state index >= 15 is 0 Å². The van der Waals surface area contributed by atoms with Gasteiger partial charge in [0.25, 0.3) is 0 Å². The van der Waals surface area contributed by atoms with Gasteiger partial charge in [0.1, 0.15) is 17.2 Å². The second-order valence-corrected chi connectivity index (χ2v) is 9.91. The van der Waals surface area contributed by atoms with Gasteiger partial charge < -0.3 is 4.74 Å². The summed E-state index contributed by atoms with van der Waals surface area (Å²) in [5, 5.41) is 13.8. The Morgan fingerprint density at radius 3 is 2.33 bits per heavy atom. The average Bonchev–Trinajstić information content (AvgIpc) is 3.68. The summed E-state index contributed by atoms with van der Waals surface area (Å²) in [6, 6.07) is 17.7. The molecule has 30 heavy (non-hydrogen) atoms. The van der Waals surface area contributed by atoms with Gasteiger partial charge in [-0.05, 0) is 62.1 Å². The van der Waals surface area contributed by atoms with Crippen LogP contribution in [0.15, 0.2) is 59.5 Å². The van der Waals surface area contributed by atoms with Crippen molar-refractivity contribution in [3.63, 3.8) is 0 Å². The minimum absolute atomic E-state index is 0.154. The Bertz CT molecular complexity index is 1220. The zero-order chi connectivity index (χ0) is 20.7. The molecule has 7 heteroatoms. The van der Waals surface area contributed by atoms with Crippen molar-refractivity contribution in [2.75, 3.05) is 0 Å². The molecule has 0 unspecified atom stereocenters. The lowest BCUT2D eigenvalue weighted by Gasteiger charge is -2.11. The standard InChI is InChI=1S/C23H21N3O3S/c24-14-16-6-12-19(13-7-16)29-23-21(15-30(27,28)20-4-2-1-3-5-20)26(18-10-11-18)25-22(23)17-8-9-17/h1-7,12-13,17-18H,8-11,15H2. The van der Waals surface area contributed by atoms with Crippen LogP contribution in [-0.2, 0) is 15.6 Å². The predicted octanol–water partition coefficient (Wildman–Crippen LogP) is 4.73. The molecule has 2 fully saturated rings. The molecular weight excluding hydrogens is 398 g/mol. The van der Waals surface area contributed by atoms with Crippen LogP contribution in [-0.4, -0.2) is 18.2 Å². The van der Waals surface area contributed by atoms with Crippen molar-refractivity contribution in [2.45, 2.75) is 48.3 Å². The molecule has 6 nitrogen and oxygen atoms in total. The highest BCUT2D eigenvalue weighted by Crippen LogP contribution is 2.49. The van der Waals surface area contributed by atoms with Crippen molar-refractivity contribution in [1.82, 2.24) is 9.78 Å². The van der Waals surface area contributed by atoms with E-state index in [0.717, 1.165) is 31.4 Å². The van der Waals surface area contributed by atoms with Crippen LogP contribution in [0.25, 0.3) is 0 Å². The van der Waals surface area contributed by atoms with Crippen molar-refractivity contribution in [2.24, 2.45) is 0 Å². The van der Waals surface area contributed by atoms with Crippen LogP contribution >= 0.6 is 0 Å². The van der Waals surface area contributed by atoms with Crippen LogP contribution in [0, 0.1) is 11.3 Å². The lowest BCUT2D eigenvalue weighted by molar-refractivity contribution is 0.469. The molecule has 0 aliphatic heterocycles. The van der Waals surface area contributed by atoms with Gasteiger partial charge in [0.2, 0.25) is 0 Å². The van der Waals surface area contributed by atoms with Crippen LogP contribution in [0.1, 0.15) is 54.6 Å². The average molecular weight is 420 g/mol. The van der Waals surface area contributed by atoms with E-state index in [2.05, 4.69) is 6.07 Å². The van der Waals surface area contributed by atoms with Crippen molar-refractivity contribution in [3.05, 3.63) is 71.5 Å². The zero-order valence-corrected chi connectivity index (χ0v) is 17.2. The van der Waals surface area contributed by atoms with Crippen LogP contribution < -0.4 is 4.74 Å². The second-order valence-electron chi connectivity index (χ2n) is 7.92. The molecule has 0 saturated heterocycles. The largest absolute Gasteiger partial charge is 0.453 e. The van der Waals surface area contributed by atoms with E-state index in [4.69, 9.17) is 15.1 Å². The maximum atomic E-state index is 13.1. The summed E-state index contributed by atoms with van der Waals surface area (Å²) < 4.78 is 34.4. The molecule has 0 spiro atoms. The highest BCUT2D eigenvalue weighted by molar-refractivity contribution is 7.90. The number of hydrogen-bond donors (Lipinski definition) is 0. The summed E-state index contributed by atoms with van der Waals surface area (Å²) >= 11 is 0. The van der Waals surface area contributed by atoms with E-state index in [1.54, 1.807) is 54.6 Å². The first-order valence-electron chi connectivity index (χ1n) is 10.1. The third-order valence-electron chi connectivity index (χ3n) is 5.48. The van der Waals surface area contributed by atoms with Gasteiger partial charge >= 0.3 is 0 Å². The fourth-order valence-corrected chi connectivity index (χ4v) is 4.93. The molecule has 2 aromatic carbocycles. The fraction of sp³-hybridized carbons (Fsp3) is 0.304. The van der Waals surface area contributed by atoms with Crippen molar-refractivity contribution in [3.8, 4) is 17.6 Å². The van der Waals surface area contributed by atoms with Gasteiger partial charge in [-0.3, -0.25) is 4.68 Å². The molecule has 5 rings (SSSR count). The third kappa shape index (κ3) is 3.71. The molecule has 0 amide bonds. The fourth-order valence-electron chi connectivity index (χ4n) is 3.57. The first-order valence-corrected chi connectivity index (χ1v) is 11.8. The van der Waals surface area contributed by atoms with Crippen LogP contribution in [0.4, 0.5) is 0 Å². The summed E-state index contributed by atoms with van der Waals surface area (Å²) in [5.74, 6) is 1.30. The monoisotopic (exact) mass is 419 g/mol. The molecular formula is C23H21N3O3S. The Kier molecular flexibility index (Phi) is 4.59. The number of hydrogen-bond acceptors (Lipinski definition) is 5. The highest BCUT2D eigenvalue weighted by Gasteiger charge is 2.38. The van der Waals surface area contributed by atoms with Crippen molar-refractivity contribution < 1.29 is 13.2 Å². The van der Waals surface area contributed by atoms with Gasteiger partial charge in [0.15, 0.2) is 15.6 Å². The molecule has 2 aliphatic carbocycles. The number of aromatic nitrogens is 2. The number of sulfone groups is 1. The Morgan fingerprint density at radius 2 is 1.73 bits per heavy atom. The summed E-state index contributed by atoms with van der Waals surface area (Å²) in [5.41, 5.74) is 2.02. The molecule has 2 aliphatic rings. The molecule has 0 atom stereocenters. The van der Waals surface area contributed by atoms with E-state index in [1.165, 1.54) is 0 Å². The maximum absolute atomic E-state index is 13.1. The van der Waals surface area contributed by atoms with Crippen LogP contribution in [0.2, 0.25) is 0 Å². The minimum Gasteiger partial charge on any atom is -0.453 e.